The zero-order chi connectivity index (χ0) is 17.3. The molecule has 1 fully saturated rings. The van der Waals surface area contributed by atoms with Gasteiger partial charge in [-0.05, 0) is 12.8 Å². The van der Waals surface area contributed by atoms with Crippen LogP contribution < -0.4 is 11.2 Å². The van der Waals surface area contributed by atoms with Crippen LogP contribution in [-0.2, 0) is 14.1 Å². The van der Waals surface area contributed by atoms with Crippen molar-refractivity contribution in [3.8, 4) is 5.88 Å². The van der Waals surface area contributed by atoms with E-state index in [9.17, 15) is 14.7 Å². The Morgan fingerprint density at radius 2 is 1.92 bits per heavy atom. The van der Waals surface area contributed by atoms with E-state index >= 15 is 0 Å². The average molecular weight is 331 g/mol. The number of hydrogen-bond acceptors (Lipinski definition) is 5. The Bertz CT molecular complexity index is 884. The average Bonchev–Trinajstić information content (AvgIpc) is 3.07. The first-order valence-electron chi connectivity index (χ1n) is 8.07. The Hall–Kier alpha value is -2.64. The van der Waals surface area contributed by atoms with Crippen LogP contribution in [0, 0.1) is 0 Å². The normalized spacial score (nSPS) is 16.1. The molecule has 2 aromatic rings. The summed E-state index contributed by atoms with van der Waals surface area (Å²) < 4.78 is 3.83. The van der Waals surface area contributed by atoms with Gasteiger partial charge in [0, 0.05) is 26.4 Å². The maximum atomic E-state index is 12.2. The number of aromatic nitrogens is 4. The molecule has 2 heterocycles. The van der Waals surface area contributed by atoms with Crippen molar-refractivity contribution in [1.82, 2.24) is 18.9 Å². The lowest BCUT2D eigenvalue weighted by molar-refractivity contribution is 0.332. The van der Waals surface area contributed by atoms with Gasteiger partial charge in [0.15, 0.2) is 5.82 Å². The number of rotatable bonds is 3. The van der Waals surface area contributed by atoms with Gasteiger partial charge in [-0.25, -0.2) is 14.5 Å². The highest BCUT2D eigenvalue weighted by atomic mass is 16.3. The molecule has 1 N–H and O–H groups in total. The van der Waals surface area contributed by atoms with Crippen molar-refractivity contribution in [1.29, 1.82) is 0 Å². The molecule has 128 valence electrons. The maximum absolute atomic E-state index is 12.2. The van der Waals surface area contributed by atoms with Crippen LogP contribution in [0.5, 0.6) is 5.88 Å². The molecule has 0 spiro atoms. The van der Waals surface area contributed by atoms with Crippen LogP contribution in [-0.4, -0.2) is 30.2 Å². The first kappa shape index (κ1) is 16.2. The fraction of sp³-hybridized carbons (Fsp3) is 0.500. The SMILES string of the molecule is Cn1c(O)c(/C=N/c2ccnn2C2CCCCC2)c(=O)n(C)c1=O. The summed E-state index contributed by atoms with van der Waals surface area (Å²) in [6.45, 7) is 0. The number of nitrogens with zero attached hydrogens (tertiary/aromatic N) is 5. The molecule has 1 saturated carbocycles. The van der Waals surface area contributed by atoms with Crippen LogP contribution in [0.15, 0.2) is 26.8 Å². The third kappa shape index (κ3) is 2.79. The van der Waals surface area contributed by atoms with Crippen LogP contribution in [0.2, 0.25) is 0 Å². The van der Waals surface area contributed by atoms with Crippen LogP contribution >= 0.6 is 0 Å². The molecule has 1 aliphatic carbocycles. The molecule has 24 heavy (non-hydrogen) atoms. The molecule has 3 rings (SSSR count). The van der Waals surface area contributed by atoms with E-state index in [2.05, 4.69) is 10.1 Å². The topological polar surface area (TPSA) is 94.4 Å². The molecule has 0 bridgehead atoms. The molecule has 0 saturated heterocycles. The van der Waals surface area contributed by atoms with Gasteiger partial charge >= 0.3 is 5.69 Å². The summed E-state index contributed by atoms with van der Waals surface area (Å²) in [5, 5.41) is 14.4. The molecule has 0 amide bonds. The fourth-order valence-corrected chi connectivity index (χ4v) is 3.12. The molecule has 2 aromatic heterocycles. The zero-order valence-corrected chi connectivity index (χ0v) is 13.8. The van der Waals surface area contributed by atoms with Gasteiger partial charge < -0.3 is 5.11 Å². The smallest absolute Gasteiger partial charge is 0.333 e. The Morgan fingerprint density at radius 1 is 1.21 bits per heavy atom. The highest BCUT2D eigenvalue weighted by Crippen LogP contribution is 2.30. The summed E-state index contributed by atoms with van der Waals surface area (Å²) in [7, 11) is 2.77. The molecular weight excluding hydrogens is 310 g/mol. The quantitative estimate of drug-likeness (QED) is 0.856. The molecule has 0 radical (unpaired) electrons. The van der Waals surface area contributed by atoms with Gasteiger partial charge in [0.1, 0.15) is 5.56 Å². The Balaban J connectivity index is 1.97. The van der Waals surface area contributed by atoms with Crippen LogP contribution in [0.1, 0.15) is 43.7 Å². The molecule has 0 unspecified atom stereocenters. The standard InChI is InChI=1S/C16H21N5O3/c1-19-14(22)12(15(23)20(2)16(19)24)10-17-13-8-9-18-21(13)11-6-4-3-5-7-11/h8-11,22H,3-7H2,1-2H3/b17-10+. The van der Waals surface area contributed by atoms with E-state index in [4.69, 9.17) is 0 Å². The number of aliphatic imine (C=N–C) groups is 1. The monoisotopic (exact) mass is 331 g/mol. The number of aromatic hydroxyl groups is 1. The van der Waals surface area contributed by atoms with Crippen molar-refractivity contribution in [3.63, 3.8) is 0 Å². The zero-order valence-electron chi connectivity index (χ0n) is 13.8. The summed E-state index contributed by atoms with van der Waals surface area (Å²) >= 11 is 0. The second-order valence-electron chi connectivity index (χ2n) is 6.13. The third-order valence-electron chi connectivity index (χ3n) is 4.56. The van der Waals surface area contributed by atoms with Gasteiger partial charge in [-0.2, -0.15) is 5.10 Å². The lowest BCUT2D eigenvalue weighted by atomic mass is 9.96. The van der Waals surface area contributed by atoms with E-state index in [0.717, 1.165) is 22.0 Å². The number of hydrogen-bond donors (Lipinski definition) is 1. The molecule has 0 atom stereocenters. The minimum absolute atomic E-state index is 0.0176. The van der Waals surface area contributed by atoms with Crippen LogP contribution in [0.3, 0.4) is 0 Å². The second-order valence-corrected chi connectivity index (χ2v) is 6.13. The Labute approximate surface area is 138 Å². The van der Waals surface area contributed by atoms with Gasteiger partial charge in [-0.3, -0.25) is 13.9 Å². The van der Waals surface area contributed by atoms with Crippen molar-refractivity contribution in [2.24, 2.45) is 19.1 Å². The lowest BCUT2D eigenvalue weighted by Crippen LogP contribution is -2.38. The predicted molar refractivity (Wildman–Crippen MR) is 90.2 cm³/mol. The first-order valence-corrected chi connectivity index (χ1v) is 8.07. The minimum Gasteiger partial charge on any atom is -0.494 e. The highest BCUT2D eigenvalue weighted by Gasteiger charge is 2.18. The van der Waals surface area contributed by atoms with E-state index in [0.29, 0.717) is 11.9 Å². The fourth-order valence-electron chi connectivity index (χ4n) is 3.12. The van der Waals surface area contributed by atoms with Crippen molar-refractivity contribution < 1.29 is 5.11 Å². The highest BCUT2D eigenvalue weighted by molar-refractivity contribution is 5.83. The molecule has 8 heteroatoms. The second kappa shape index (κ2) is 6.46. The predicted octanol–water partition coefficient (Wildman–Crippen LogP) is 1.24. The maximum Gasteiger partial charge on any atom is 0.333 e. The van der Waals surface area contributed by atoms with Gasteiger partial charge in [0.2, 0.25) is 5.88 Å². The van der Waals surface area contributed by atoms with Gasteiger partial charge in [0.05, 0.1) is 12.2 Å². The summed E-state index contributed by atoms with van der Waals surface area (Å²) in [5.74, 6) is 0.243. The largest absolute Gasteiger partial charge is 0.494 e. The Morgan fingerprint density at radius 3 is 2.62 bits per heavy atom. The van der Waals surface area contributed by atoms with Gasteiger partial charge in [-0.15, -0.1) is 0 Å². The van der Waals surface area contributed by atoms with Crippen molar-refractivity contribution in [3.05, 3.63) is 38.7 Å². The Kier molecular flexibility index (Phi) is 4.37. The van der Waals surface area contributed by atoms with Crippen molar-refractivity contribution >= 4 is 12.0 Å². The van der Waals surface area contributed by atoms with Crippen molar-refractivity contribution in [2.75, 3.05) is 0 Å². The van der Waals surface area contributed by atoms with E-state index in [-0.39, 0.29) is 5.56 Å². The van der Waals surface area contributed by atoms with E-state index in [1.54, 1.807) is 12.3 Å². The summed E-state index contributed by atoms with van der Waals surface area (Å²) in [5.41, 5.74) is -1.18. The van der Waals surface area contributed by atoms with E-state index in [1.807, 2.05) is 4.68 Å². The first-order chi connectivity index (χ1) is 11.5. The molecular formula is C16H21N5O3. The summed E-state index contributed by atoms with van der Waals surface area (Å²) in [6.07, 6.45) is 8.71. The van der Waals surface area contributed by atoms with Gasteiger partial charge in [-0.1, -0.05) is 19.3 Å². The van der Waals surface area contributed by atoms with Gasteiger partial charge in [0.25, 0.3) is 5.56 Å². The lowest BCUT2D eigenvalue weighted by Gasteiger charge is -2.22. The summed E-state index contributed by atoms with van der Waals surface area (Å²) in [6, 6.07) is 2.09. The van der Waals surface area contributed by atoms with E-state index < -0.39 is 17.1 Å². The molecule has 8 nitrogen and oxygen atoms in total. The molecule has 0 aromatic carbocycles. The van der Waals surface area contributed by atoms with Crippen LogP contribution in [0.25, 0.3) is 0 Å². The summed E-state index contributed by atoms with van der Waals surface area (Å²) in [4.78, 5) is 28.3. The molecule has 0 aliphatic heterocycles. The molecule has 1 aliphatic rings. The third-order valence-corrected chi connectivity index (χ3v) is 4.56. The van der Waals surface area contributed by atoms with Crippen LogP contribution in [0.4, 0.5) is 5.82 Å². The van der Waals surface area contributed by atoms with Crippen molar-refractivity contribution in [2.45, 2.75) is 38.1 Å². The van der Waals surface area contributed by atoms with E-state index in [1.165, 1.54) is 39.6 Å². The minimum atomic E-state index is -0.582.